The molecule has 1 aromatic carbocycles. The lowest BCUT2D eigenvalue weighted by Crippen LogP contribution is -2.20. The van der Waals surface area contributed by atoms with Crippen molar-refractivity contribution in [1.29, 1.82) is 0 Å². The van der Waals surface area contributed by atoms with Crippen LogP contribution in [0.5, 0.6) is 0 Å². The van der Waals surface area contributed by atoms with Gasteiger partial charge in [0.1, 0.15) is 0 Å². The van der Waals surface area contributed by atoms with E-state index in [2.05, 4.69) is 11.9 Å². The molecule has 0 aromatic heterocycles. The lowest BCUT2D eigenvalue weighted by molar-refractivity contribution is -0.137. The van der Waals surface area contributed by atoms with Crippen LogP contribution in [-0.4, -0.2) is 6.54 Å². The molecule has 0 aliphatic carbocycles. The van der Waals surface area contributed by atoms with Gasteiger partial charge < -0.3 is 5.32 Å². The van der Waals surface area contributed by atoms with Gasteiger partial charge in [0.15, 0.2) is 0 Å². The summed E-state index contributed by atoms with van der Waals surface area (Å²) >= 11 is 0. The monoisotopic (exact) mass is 243 g/mol. The molecule has 1 atom stereocenters. The highest BCUT2D eigenvalue weighted by Crippen LogP contribution is 2.30. The molecular formula is C13H16F3N. The first-order valence-corrected chi connectivity index (χ1v) is 5.50. The van der Waals surface area contributed by atoms with Gasteiger partial charge in [0.25, 0.3) is 0 Å². The first-order valence-electron chi connectivity index (χ1n) is 5.50. The molecule has 0 fully saturated rings. The molecule has 1 rings (SSSR count). The Kier molecular flexibility index (Phi) is 4.75. The Morgan fingerprint density at radius 1 is 1.29 bits per heavy atom. The van der Waals surface area contributed by atoms with E-state index in [0.29, 0.717) is 6.42 Å². The van der Waals surface area contributed by atoms with Crippen molar-refractivity contribution in [2.24, 2.45) is 0 Å². The average Bonchev–Trinajstić information content (AvgIpc) is 2.28. The van der Waals surface area contributed by atoms with Crippen LogP contribution in [0.1, 0.15) is 30.5 Å². The van der Waals surface area contributed by atoms with Gasteiger partial charge in [-0.15, -0.1) is 6.58 Å². The second-order valence-electron chi connectivity index (χ2n) is 3.75. The van der Waals surface area contributed by atoms with Crippen molar-refractivity contribution in [1.82, 2.24) is 5.32 Å². The van der Waals surface area contributed by atoms with E-state index in [0.717, 1.165) is 24.2 Å². The molecule has 0 aliphatic rings. The zero-order valence-electron chi connectivity index (χ0n) is 9.72. The normalized spacial score (nSPS) is 13.4. The van der Waals surface area contributed by atoms with Crippen LogP contribution in [0.3, 0.4) is 0 Å². The van der Waals surface area contributed by atoms with Gasteiger partial charge in [0.2, 0.25) is 0 Å². The van der Waals surface area contributed by atoms with Gasteiger partial charge in [-0.3, -0.25) is 0 Å². The van der Waals surface area contributed by atoms with Crippen molar-refractivity contribution in [3.8, 4) is 0 Å². The molecule has 0 bridgehead atoms. The van der Waals surface area contributed by atoms with Gasteiger partial charge in [0, 0.05) is 6.04 Å². The van der Waals surface area contributed by atoms with Crippen molar-refractivity contribution < 1.29 is 13.2 Å². The largest absolute Gasteiger partial charge is 0.416 e. The van der Waals surface area contributed by atoms with E-state index in [1.165, 1.54) is 12.1 Å². The van der Waals surface area contributed by atoms with Crippen LogP contribution in [0.25, 0.3) is 0 Å². The van der Waals surface area contributed by atoms with E-state index in [9.17, 15) is 13.2 Å². The topological polar surface area (TPSA) is 12.0 Å². The van der Waals surface area contributed by atoms with Gasteiger partial charge in [-0.2, -0.15) is 13.2 Å². The number of benzene rings is 1. The second-order valence-corrected chi connectivity index (χ2v) is 3.75. The Bertz CT molecular complexity index is 354. The quantitative estimate of drug-likeness (QED) is 0.772. The molecule has 0 radical (unpaired) electrons. The fraction of sp³-hybridized carbons (Fsp3) is 0.385. The molecule has 0 aliphatic heterocycles. The van der Waals surface area contributed by atoms with Gasteiger partial charge in [-0.25, -0.2) is 0 Å². The highest BCUT2D eigenvalue weighted by atomic mass is 19.4. The van der Waals surface area contributed by atoms with Gasteiger partial charge in [-0.05, 0) is 30.7 Å². The van der Waals surface area contributed by atoms with Crippen molar-refractivity contribution in [2.45, 2.75) is 25.6 Å². The van der Waals surface area contributed by atoms with Crippen molar-refractivity contribution in [2.75, 3.05) is 6.54 Å². The minimum Gasteiger partial charge on any atom is -0.310 e. The maximum atomic E-state index is 12.4. The van der Waals surface area contributed by atoms with Crippen LogP contribution in [-0.2, 0) is 6.18 Å². The Morgan fingerprint density at radius 2 is 1.88 bits per heavy atom. The smallest absolute Gasteiger partial charge is 0.310 e. The van der Waals surface area contributed by atoms with E-state index in [1.54, 1.807) is 6.08 Å². The molecule has 1 unspecified atom stereocenters. The summed E-state index contributed by atoms with van der Waals surface area (Å²) in [7, 11) is 0. The van der Waals surface area contributed by atoms with E-state index in [4.69, 9.17) is 0 Å². The molecule has 0 saturated carbocycles. The maximum Gasteiger partial charge on any atom is 0.416 e. The number of halogens is 3. The molecule has 1 N–H and O–H groups in total. The molecule has 0 saturated heterocycles. The molecular weight excluding hydrogens is 227 g/mol. The molecule has 4 heteroatoms. The van der Waals surface area contributed by atoms with Gasteiger partial charge in [-0.1, -0.05) is 25.1 Å². The first kappa shape index (κ1) is 13.8. The number of hydrogen-bond donors (Lipinski definition) is 1. The molecule has 17 heavy (non-hydrogen) atoms. The average molecular weight is 243 g/mol. The van der Waals surface area contributed by atoms with Crippen LogP contribution in [0.4, 0.5) is 13.2 Å². The fourth-order valence-corrected chi connectivity index (χ4v) is 1.65. The highest BCUT2D eigenvalue weighted by Gasteiger charge is 2.30. The van der Waals surface area contributed by atoms with Crippen LogP contribution in [0.2, 0.25) is 0 Å². The number of nitrogens with one attached hydrogen (secondary N) is 1. The van der Waals surface area contributed by atoms with Crippen LogP contribution in [0.15, 0.2) is 36.9 Å². The predicted octanol–water partition coefficient (Wildman–Crippen LogP) is 3.93. The highest BCUT2D eigenvalue weighted by molar-refractivity contribution is 5.27. The zero-order chi connectivity index (χ0) is 12.9. The third kappa shape index (κ3) is 3.89. The van der Waals surface area contributed by atoms with E-state index in [-0.39, 0.29) is 6.04 Å². The van der Waals surface area contributed by atoms with E-state index in [1.807, 2.05) is 6.92 Å². The summed E-state index contributed by atoms with van der Waals surface area (Å²) in [4.78, 5) is 0. The van der Waals surface area contributed by atoms with Crippen molar-refractivity contribution in [3.05, 3.63) is 48.0 Å². The summed E-state index contributed by atoms with van der Waals surface area (Å²) in [5.41, 5.74) is 0.231. The summed E-state index contributed by atoms with van der Waals surface area (Å²) in [5.74, 6) is 0. The number of rotatable bonds is 5. The molecule has 0 amide bonds. The van der Waals surface area contributed by atoms with Gasteiger partial charge in [0.05, 0.1) is 5.56 Å². The first-order chi connectivity index (χ1) is 7.99. The summed E-state index contributed by atoms with van der Waals surface area (Å²) in [6, 6.07) is 5.28. The Morgan fingerprint density at radius 3 is 2.29 bits per heavy atom. The molecule has 0 spiro atoms. The molecule has 1 nitrogen and oxygen atoms in total. The fourth-order valence-electron chi connectivity index (χ4n) is 1.65. The van der Waals surface area contributed by atoms with Crippen LogP contribution < -0.4 is 5.32 Å². The molecule has 94 valence electrons. The predicted molar refractivity (Wildman–Crippen MR) is 62.7 cm³/mol. The molecule has 0 heterocycles. The van der Waals surface area contributed by atoms with Crippen LogP contribution in [0, 0.1) is 0 Å². The lowest BCUT2D eigenvalue weighted by atomic mass is 10.0. The van der Waals surface area contributed by atoms with Crippen LogP contribution >= 0.6 is 0 Å². The Labute approximate surface area is 99.3 Å². The standard InChI is InChI=1S/C13H16F3N/c1-3-5-12(17-4-2)10-6-8-11(9-7-10)13(14,15)16/h3,6-9,12,17H,1,4-5H2,2H3. The Balaban J connectivity index is 2.87. The lowest BCUT2D eigenvalue weighted by Gasteiger charge is -2.17. The summed E-state index contributed by atoms with van der Waals surface area (Å²) < 4.78 is 37.2. The molecule has 1 aromatic rings. The van der Waals surface area contributed by atoms with Crippen molar-refractivity contribution >= 4 is 0 Å². The minimum atomic E-state index is -4.27. The minimum absolute atomic E-state index is 0.0276. The van der Waals surface area contributed by atoms with E-state index < -0.39 is 11.7 Å². The number of hydrogen-bond acceptors (Lipinski definition) is 1. The van der Waals surface area contributed by atoms with E-state index >= 15 is 0 Å². The van der Waals surface area contributed by atoms with Crippen molar-refractivity contribution in [3.63, 3.8) is 0 Å². The third-order valence-corrected chi connectivity index (χ3v) is 2.49. The van der Waals surface area contributed by atoms with Gasteiger partial charge >= 0.3 is 6.18 Å². The zero-order valence-corrected chi connectivity index (χ0v) is 9.72. The third-order valence-electron chi connectivity index (χ3n) is 2.49. The number of alkyl halides is 3. The summed E-state index contributed by atoms with van der Waals surface area (Å²) in [6.07, 6.45) is -1.82. The SMILES string of the molecule is C=CCC(NCC)c1ccc(C(F)(F)F)cc1. The Hall–Kier alpha value is -1.29. The second kappa shape index (κ2) is 5.87. The maximum absolute atomic E-state index is 12.4. The summed E-state index contributed by atoms with van der Waals surface area (Å²) in [6.45, 7) is 6.37. The summed E-state index contributed by atoms with van der Waals surface area (Å²) in [5, 5.41) is 3.21.